The zero-order chi connectivity index (χ0) is 14.7. The first-order chi connectivity index (χ1) is 10.2. The number of likely N-dealkylation sites (tertiary alicyclic amines) is 1. The molecular formula is C17H24N2OS. The van der Waals surface area contributed by atoms with E-state index >= 15 is 0 Å². The van der Waals surface area contributed by atoms with Crippen LogP contribution in [0.25, 0.3) is 0 Å². The van der Waals surface area contributed by atoms with Crippen LogP contribution in [0, 0.1) is 0 Å². The van der Waals surface area contributed by atoms with E-state index in [9.17, 15) is 4.79 Å². The van der Waals surface area contributed by atoms with Gasteiger partial charge in [-0.25, -0.2) is 0 Å². The van der Waals surface area contributed by atoms with Crippen LogP contribution in [-0.2, 0) is 0 Å². The topological polar surface area (TPSA) is 32.3 Å². The predicted octanol–water partition coefficient (Wildman–Crippen LogP) is 3.62. The number of carbonyl (C=O) groups excluding carboxylic acids is 1. The molecule has 1 amide bonds. The molecule has 0 radical (unpaired) electrons. The summed E-state index contributed by atoms with van der Waals surface area (Å²) in [5.41, 5.74) is 1.95. The van der Waals surface area contributed by atoms with E-state index in [1.54, 1.807) is 0 Å². The van der Waals surface area contributed by atoms with Gasteiger partial charge in [0.1, 0.15) is 0 Å². The Labute approximate surface area is 131 Å². The van der Waals surface area contributed by atoms with Gasteiger partial charge in [0.25, 0.3) is 5.91 Å². The quantitative estimate of drug-likeness (QED) is 0.925. The molecule has 1 N–H and O–H groups in total. The maximum Gasteiger partial charge on any atom is 0.254 e. The SMILES string of the molecule is C[C@@H]1CCCCN1C(=O)c1ccc(N[C@@H]2CCSC2)cc1. The van der Waals surface area contributed by atoms with Gasteiger partial charge in [0, 0.05) is 35.6 Å². The highest BCUT2D eigenvalue weighted by atomic mass is 32.2. The average molecular weight is 304 g/mol. The Morgan fingerprint density at radius 3 is 2.71 bits per heavy atom. The number of nitrogens with one attached hydrogen (secondary N) is 1. The highest BCUT2D eigenvalue weighted by Gasteiger charge is 2.24. The van der Waals surface area contributed by atoms with E-state index in [-0.39, 0.29) is 5.91 Å². The summed E-state index contributed by atoms with van der Waals surface area (Å²) in [5.74, 6) is 2.62. The molecule has 0 aromatic heterocycles. The molecule has 2 aliphatic rings. The fraction of sp³-hybridized carbons (Fsp3) is 0.588. The molecule has 2 heterocycles. The standard InChI is InChI=1S/C17H24N2OS/c1-13-4-2-3-10-19(13)17(20)14-5-7-15(8-6-14)18-16-9-11-21-12-16/h5-8,13,16,18H,2-4,9-12H2,1H3/t13-,16-/m1/s1. The van der Waals surface area contributed by atoms with Crippen LogP contribution >= 0.6 is 11.8 Å². The molecule has 1 aromatic rings. The number of nitrogens with zero attached hydrogens (tertiary/aromatic N) is 1. The highest BCUT2D eigenvalue weighted by Crippen LogP contribution is 2.23. The van der Waals surface area contributed by atoms with Gasteiger partial charge in [-0.2, -0.15) is 11.8 Å². The van der Waals surface area contributed by atoms with Crippen LogP contribution in [0.5, 0.6) is 0 Å². The van der Waals surface area contributed by atoms with Crippen molar-refractivity contribution in [3.05, 3.63) is 29.8 Å². The Morgan fingerprint density at radius 1 is 1.24 bits per heavy atom. The van der Waals surface area contributed by atoms with Gasteiger partial charge in [0.15, 0.2) is 0 Å². The van der Waals surface area contributed by atoms with Crippen LogP contribution in [0.4, 0.5) is 5.69 Å². The van der Waals surface area contributed by atoms with E-state index in [1.807, 2.05) is 40.9 Å². The molecule has 21 heavy (non-hydrogen) atoms. The minimum absolute atomic E-state index is 0.185. The lowest BCUT2D eigenvalue weighted by Gasteiger charge is -2.33. The predicted molar refractivity (Wildman–Crippen MR) is 90.1 cm³/mol. The van der Waals surface area contributed by atoms with Crippen molar-refractivity contribution in [2.45, 2.75) is 44.7 Å². The van der Waals surface area contributed by atoms with Crippen molar-refractivity contribution in [1.82, 2.24) is 4.90 Å². The first-order valence-corrected chi connectivity index (χ1v) is 9.15. The maximum absolute atomic E-state index is 12.6. The Hall–Kier alpha value is -1.16. The lowest BCUT2D eigenvalue weighted by atomic mass is 10.0. The van der Waals surface area contributed by atoms with E-state index < -0.39 is 0 Å². The second-order valence-corrected chi connectivity index (χ2v) is 7.28. The maximum atomic E-state index is 12.6. The molecular weight excluding hydrogens is 280 g/mol. The number of hydrogen-bond acceptors (Lipinski definition) is 3. The number of carbonyl (C=O) groups is 1. The molecule has 0 aliphatic carbocycles. The van der Waals surface area contributed by atoms with E-state index in [0.29, 0.717) is 12.1 Å². The van der Waals surface area contributed by atoms with Crippen LogP contribution in [0.15, 0.2) is 24.3 Å². The summed E-state index contributed by atoms with van der Waals surface area (Å²) in [5, 5.41) is 3.55. The van der Waals surface area contributed by atoms with Crippen molar-refractivity contribution in [2.75, 3.05) is 23.4 Å². The monoisotopic (exact) mass is 304 g/mol. The third-order valence-corrected chi connectivity index (χ3v) is 5.66. The summed E-state index contributed by atoms with van der Waals surface area (Å²) in [6.45, 7) is 3.06. The van der Waals surface area contributed by atoms with Crippen molar-refractivity contribution in [3.63, 3.8) is 0 Å². The van der Waals surface area contributed by atoms with Crippen LogP contribution in [0.2, 0.25) is 0 Å². The van der Waals surface area contributed by atoms with Gasteiger partial charge in [-0.15, -0.1) is 0 Å². The lowest BCUT2D eigenvalue weighted by molar-refractivity contribution is 0.0635. The van der Waals surface area contributed by atoms with E-state index in [1.165, 1.54) is 24.3 Å². The molecule has 2 atom stereocenters. The van der Waals surface area contributed by atoms with Gasteiger partial charge in [0.05, 0.1) is 0 Å². The van der Waals surface area contributed by atoms with Gasteiger partial charge in [-0.05, 0) is 62.6 Å². The number of hydrogen-bond donors (Lipinski definition) is 1. The first kappa shape index (κ1) is 14.8. The first-order valence-electron chi connectivity index (χ1n) is 7.99. The van der Waals surface area contributed by atoms with Gasteiger partial charge < -0.3 is 10.2 Å². The Kier molecular flexibility index (Phi) is 4.73. The minimum atomic E-state index is 0.185. The third kappa shape index (κ3) is 3.54. The fourth-order valence-corrected chi connectivity index (χ4v) is 4.31. The molecule has 4 heteroatoms. The van der Waals surface area contributed by atoms with Crippen molar-refractivity contribution < 1.29 is 4.79 Å². The molecule has 0 saturated carbocycles. The number of amides is 1. The van der Waals surface area contributed by atoms with Gasteiger partial charge in [0.2, 0.25) is 0 Å². The van der Waals surface area contributed by atoms with Crippen LogP contribution in [0.1, 0.15) is 43.0 Å². The van der Waals surface area contributed by atoms with E-state index in [0.717, 1.165) is 30.6 Å². The molecule has 1 aromatic carbocycles. The molecule has 0 unspecified atom stereocenters. The van der Waals surface area contributed by atoms with Crippen LogP contribution < -0.4 is 5.32 Å². The van der Waals surface area contributed by atoms with Crippen molar-refractivity contribution in [3.8, 4) is 0 Å². The molecule has 3 nitrogen and oxygen atoms in total. The third-order valence-electron chi connectivity index (χ3n) is 4.50. The summed E-state index contributed by atoms with van der Waals surface area (Å²) in [4.78, 5) is 14.6. The average Bonchev–Trinajstić information content (AvgIpc) is 3.01. The second kappa shape index (κ2) is 6.73. The number of anilines is 1. The van der Waals surface area contributed by atoms with Gasteiger partial charge >= 0.3 is 0 Å². The number of benzene rings is 1. The Morgan fingerprint density at radius 2 is 2.05 bits per heavy atom. The number of piperidine rings is 1. The second-order valence-electron chi connectivity index (χ2n) is 6.13. The molecule has 114 valence electrons. The summed E-state index contributed by atoms with van der Waals surface area (Å²) < 4.78 is 0. The molecule has 0 spiro atoms. The summed E-state index contributed by atoms with van der Waals surface area (Å²) in [6, 6.07) is 8.98. The summed E-state index contributed by atoms with van der Waals surface area (Å²) >= 11 is 2.01. The zero-order valence-corrected chi connectivity index (χ0v) is 13.5. The molecule has 2 aliphatic heterocycles. The molecule has 2 fully saturated rings. The van der Waals surface area contributed by atoms with Crippen LogP contribution in [-0.4, -0.2) is 40.9 Å². The van der Waals surface area contributed by atoms with Gasteiger partial charge in [-0.3, -0.25) is 4.79 Å². The lowest BCUT2D eigenvalue weighted by Crippen LogP contribution is -2.42. The van der Waals surface area contributed by atoms with Crippen molar-refractivity contribution >= 4 is 23.4 Å². The molecule has 2 saturated heterocycles. The van der Waals surface area contributed by atoms with Crippen LogP contribution in [0.3, 0.4) is 0 Å². The summed E-state index contributed by atoms with van der Waals surface area (Å²) in [7, 11) is 0. The van der Waals surface area contributed by atoms with Gasteiger partial charge in [-0.1, -0.05) is 0 Å². The largest absolute Gasteiger partial charge is 0.381 e. The zero-order valence-electron chi connectivity index (χ0n) is 12.7. The van der Waals surface area contributed by atoms with Crippen molar-refractivity contribution in [1.29, 1.82) is 0 Å². The van der Waals surface area contributed by atoms with Crippen molar-refractivity contribution in [2.24, 2.45) is 0 Å². The normalized spacial score (nSPS) is 25.9. The highest BCUT2D eigenvalue weighted by molar-refractivity contribution is 7.99. The Bertz CT molecular complexity index is 482. The van der Waals surface area contributed by atoms with E-state index in [4.69, 9.17) is 0 Å². The Balaban J connectivity index is 1.64. The molecule has 3 rings (SSSR count). The fourth-order valence-electron chi connectivity index (χ4n) is 3.16. The number of thioether (sulfide) groups is 1. The molecule has 0 bridgehead atoms. The number of rotatable bonds is 3. The minimum Gasteiger partial charge on any atom is -0.381 e. The van der Waals surface area contributed by atoms with E-state index in [2.05, 4.69) is 12.2 Å². The summed E-state index contributed by atoms with van der Waals surface area (Å²) in [6.07, 6.45) is 4.74. The smallest absolute Gasteiger partial charge is 0.254 e.